The second-order valence-electron chi connectivity index (χ2n) is 6.84. The highest BCUT2D eigenvalue weighted by Gasteiger charge is 2.29. The largest absolute Gasteiger partial charge is 0.480 e. The zero-order chi connectivity index (χ0) is 17.9. The summed E-state index contributed by atoms with van der Waals surface area (Å²) in [4.78, 5) is 27.1. The van der Waals surface area contributed by atoms with E-state index in [1.165, 1.54) is 6.42 Å². The van der Waals surface area contributed by atoms with Crippen LogP contribution in [0.4, 0.5) is 5.69 Å². The molecule has 134 valence electrons. The zero-order valence-electron chi connectivity index (χ0n) is 14.6. The Hall–Kier alpha value is -2.82. The molecule has 0 bridgehead atoms. The van der Waals surface area contributed by atoms with Gasteiger partial charge in [0.2, 0.25) is 0 Å². The molecule has 0 aromatic heterocycles. The average molecular weight is 350 g/mol. The lowest BCUT2D eigenvalue weighted by Gasteiger charge is -2.26. The first kappa shape index (κ1) is 16.6. The Morgan fingerprint density at radius 3 is 2.62 bits per heavy atom. The Kier molecular flexibility index (Phi) is 4.61. The van der Waals surface area contributed by atoms with E-state index in [4.69, 9.17) is 4.74 Å². The molecule has 2 aromatic rings. The van der Waals surface area contributed by atoms with Crippen molar-refractivity contribution in [1.29, 1.82) is 0 Å². The number of likely N-dealkylation sites (tertiary alicyclic amines) is 1. The molecular weight excluding hydrogens is 328 g/mol. The Labute approximate surface area is 153 Å². The van der Waals surface area contributed by atoms with Crippen LogP contribution in [0.1, 0.15) is 35.2 Å². The van der Waals surface area contributed by atoms with E-state index in [-0.39, 0.29) is 11.8 Å². The Morgan fingerprint density at radius 1 is 1.00 bits per heavy atom. The molecule has 1 unspecified atom stereocenters. The molecule has 2 aromatic carbocycles. The summed E-state index contributed by atoms with van der Waals surface area (Å²) in [5.41, 5.74) is 2.28. The molecule has 5 nitrogen and oxygen atoms in total. The summed E-state index contributed by atoms with van der Waals surface area (Å²) in [7, 11) is 0. The van der Waals surface area contributed by atoms with Crippen LogP contribution >= 0.6 is 0 Å². The molecule has 5 heteroatoms. The van der Waals surface area contributed by atoms with Gasteiger partial charge in [0.1, 0.15) is 5.75 Å². The van der Waals surface area contributed by atoms with Gasteiger partial charge in [-0.2, -0.15) is 0 Å². The maximum Gasteiger partial charge on any atom is 0.265 e. The molecule has 4 rings (SSSR count). The summed E-state index contributed by atoms with van der Waals surface area (Å²) < 4.78 is 5.73. The summed E-state index contributed by atoms with van der Waals surface area (Å²) in [5, 5.41) is 2.88. The molecule has 2 aliphatic rings. The number of hydrogen-bond acceptors (Lipinski definition) is 3. The summed E-state index contributed by atoms with van der Waals surface area (Å²) in [5.74, 6) is 0.607. The number of nitrogens with zero attached hydrogens (tertiary/aromatic N) is 1. The number of piperidine rings is 1. The molecule has 26 heavy (non-hydrogen) atoms. The van der Waals surface area contributed by atoms with Crippen molar-refractivity contribution in [3.05, 3.63) is 59.7 Å². The SMILES string of the molecule is O=C(Nc1cccc(C(=O)N2CCCCC2)c1)C1Cc2ccccc2O1. The molecule has 0 radical (unpaired) electrons. The van der Waals surface area contributed by atoms with Crippen molar-refractivity contribution in [3.63, 3.8) is 0 Å². The number of nitrogens with one attached hydrogen (secondary N) is 1. The van der Waals surface area contributed by atoms with E-state index >= 15 is 0 Å². The number of ether oxygens (including phenoxy) is 1. The standard InChI is InChI=1S/C21H22N2O3/c24-20(19-14-15-7-2-3-10-18(15)26-19)22-17-9-6-8-16(13-17)21(25)23-11-4-1-5-12-23/h2-3,6-10,13,19H,1,4-5,11-12,14H2,(H,22,24). The fourth-order valence-corrected chi connectivity index (χ4v) is 3.56. The van der Waals surface area contributed by atoms with Crippen LogP contribution in [-0.4, -0.2) is 35.9 Å². The topological polar surface area (TPSA) is 58.6 Å². The van der Waals surface area contributed by atoms with Gasteiger partial charge in [-0.1, -0.05) is 24.3 Å². The quantitative estimate of drug-likeness (QED) is 0.924. The molecular formula is C21H22N2O3. The second-order valence-corrected chi connectivity index (χ2v) is 6.84. The van der Waals surface area contributed by atoms with Crippen molar-refractivity contribution >= 4 is 17.5 Å². The van der Waals surface area contributed by atoms with E-state index in [1.54, 1.807) is 24.3 Å². The van der Waals surface area contributed by atoms with E-state index in [0.717, 1.165) is 37.2 Å². The minimum atomic E-state index is -0.533. The average Bonchev–Trinajstić information content (AvgIpc) is 3.13. The number of anilines is 1. The van der Waals surface area contributed by atoms with Crippen LogP contribution in [0.25, 0.3) is 0 Å². The first-order valence-corrected chi connectivity index (χ1v) is 9.15. The van der Waals surface area contributed by atoms with Gasteiger partial charge in [0.25, 0.3) is 11.8 Å². The van der Waals surface area contributed by atoms with Crippen molar-refractivity contribution in [1.82, 2.24) is 4.90 Å². The minimum Gasteiger partial charge on any atom is -0.480 e. The lowest BCUT2D eigenvalue weighted by molar-refractivity contribution is -0.122. The Bertz CT molecular complexity index is 803. The van der Waals surface area contributed by atoms with E-state index < -0.39 is 6.10 Å². The number of carbonyl (C=O) groups excluding carboxylic acids is 2. The first-order chi connectivity index (χ1) is 12.7. The molecule has 0 saturated carbocycles. The molecule has 1 atom stereocenters. The summed E-state index contributed by atoms with van der Waals surface area (Å²) in [6.07, 6.45) is 3.33. The van der Waals surface area contributed by atoms with Crippen LogP contribution in [-0.2, 0) is 11.2 Å². The maximum absolute atomic E-state index is 12.6. The van der Waals surface area contributed by atoms with Crippen molar-refractivity contribution in [2.45, 2.75) is 31.8 Å². The van der Waals surface area contributed by atoms with Gasteiger partial charge in [0, 0.05) is 30.8 Å². The number of benzene rings is 2. The lowest BCUT2D eigenvalue weighted by atomic mass is 10.1. The van der Waals surface area contributed by atoms with E-state index in [1.807, 2.05) is 29.2 Å². The Balaban J connectivity index is 1.42. The number of para-hydroxylation sites is 1. The molecule has 0 spiro atoms. The van der Waals surface area contributed by atoms with E-state index in [9.17, 15) is 9.59 Å². The molecule has 1 saturated heterocycles. The van der Waals surface area contributed by atoms with Gasteiger partial charge in [-0.05, 0) is 49.1 Å². The lowest BCUT2D eigenvalue weighted by Crippen LogP contribution is -2.35. The van der Waals surface area contributed by atoms with Gasteiger partial charge in [-0.15, -0.1) is 0 Å². The molecule has 2 aliphatic heterocycles. The molecule has 1 fully saturated rings. The van der Waals surface area contributed by atoms with Crippen LogP contribution in [0, 0.1) is 0 Å². The molecule has 2 amide bonds. The fourth-order valence-electron chi connectivity index (χ4n) is 3.56. The van der Waals surface area contributed by atoms with Gasteiger partial charge in [-0.25, -0.2) is 0 Å². The molecule has 0 aliphatic carbocycles. The summed E-state index contributed by atoms with van der Waals surface area (Å²) >= 11 is 0. The number of amides is 2. The predicted molar refractivity (Wildman–Crippen MR) is 99.4 cm³/mol. The fraction of sp³-hybridized carbons (Fsp3) is 0.333. The second kappa shape index (κ2) is 7.20. The third-order valence-electron chi connectivity index (χ3n) is 4.96. The highest BCUT2D eigenvalue weighted by atomic mass is 16.5. The van der Waals surface area contributed by atoms with Gasteiger partial charge < -0.3 is 15.0 Å². The van der Waals surface area contributed by atoms with Gasteiger partial charge in [0.05, 0.1) is 0 Å². The smallest absolute Gasteiger partial charge is 0.265 e. The monoisotopic (exact) mass is 350 g/mol. The van der Waals surface area contributed by atoms with Crippen LogP contribution in [0.2, 0.25) is 0 Å². The van der Waals surface area contributed by atoms with Crippen molar-refractivity contribution in [3.8, 4) is 5.75 Å². The molecule has 1 N–H and O–H groups in total. The Morgan fingerprint density at radius 2 is 1.81 bits per heavy atom. The minimum absolute atomic E-state index is 0.0327. The van der Waals surface area contributed by atoms with E-state index in [0.29, 0.717) is 17.7 Å². The summed E-state index contributed by atoms with van der Waals surface area (Å²) in [6.45, 7) is 1.62. The first-order valence-electron chi connectivity index (χ1n) is 9.15. The highest BCUT2D eigenvalue weighted by molar-refractivity contribution is 5.98. The van der Waals surface area contributed by atoms with Crippen LogP contribution in [0.15, 0.2) is 48.5 Å². The predicted octanol–water partition coefficient (Wildman–Crippen LogP) is 3.25. The van der Waals surface area contributed by atoms with Gasteiger partial charge in [0.15, 0.2) is 6.10 Å². The van der Waals surface area contributed by atoms with Crippen LogP contribution in [0.3, 0.4) is 0 Å². The number of hydrogen-bond donors (Lipinski definition) is 1. The van der Waals surface area contributed by atoms with Crippen molar-refractivity contribution < 1.29 is 14.3 Å². The number of fused-ring (bicyclic) bond motifs is 1. The number of rotatable bonds is 3. The normalized spacial score (nSPS) is 18.8. The van der Waals surface area contributed by atoms with Crippen molar-refractivity contribution in [2.24, 2.45) is 0 Å². The van der Waals surface area contributed by atoms with E-state index in [2.05, 4.69) is 5.32 Å². The van der Waals surface area contributed by atoms with Gasteiger partial charge >= 0.3 is 0 Å². The van der Waals surface area contributed by atoms with Crippen LogP contribution < -0.4 is 10.1 Å². The third kappa shape index (κ3) is 3.43. The molecule has 2 heterocycles. The zero-order valence-corrected chi connectivity index (χ0v) is 14.6. The highest BCUT2D eigenvalue weighted by Crippen LogP contribution is 2.28. The third-order valence-corrected chi connectivity index (χ3v) is 4.96. The van der Waals surface area contributed by atoms with Gasteiger partial charge in [-0.3, -0.25) is 9.59 Å². The van der Waals surface area contributed by atoms with Crippen molar-refractivity contribution in [2.75, 3.05) is 18.4 Å². The summed E-state index contributed by atoms with van der Waals surface area (Å²) in [6, 6.07) is 14.8. The van der Waals surface area contributed by atoms with Crippen LogP contribution in [0.5, 0.6) is 5.75 Å². The maximum atomic E-state index is 12.6. The number of carbonyl (C=O) groups is 2.